The minimum absolute atomic E-state index is 0.284. The maximum absolute atomic E-state index is 12.7. The summed E-state index contributed by atoms with van der Waals surface area (Å²) in [7, 11) is 0. The monoisotopic (exact) mass is 396 g/mol. The van der Waals surface area contributed by atoms with Crippen molar-refractivity contribution in [2.45, 2.75) is 6.92 Å². The Bertz CT molecular complexity index is 1110. The first-order valence-electron chi connectivity index (χ1n) is 7.97. The Kier molecular flexibility index (Phi) is 4.66. The predicted molar refractivity (Wildman–Crippen MR) is 104 cm³/mol. The number of carbonyl (C=O) groups excluding carboxylic acids is 1. The molecule has 0 atom stereocenters. The summed E-state index contributed by atoms with van der Waals surface area (Å²) < 4.78 is 1.59. The number of hydrogen-bond acceptors (Lipinski definition) is 6. The summed E-state index contributed by atoms with van der Waals surface area (Å²) in [6.45, 7) is 1.79. The lowest BCUT2D eigenvalue weighted by Crippen LogP contribution is -2.13. The van der Waals surface area contributed by atoms with Gasteiger partial charge in [0.05, 0.1) is 10.7 Å². The van der Waals surface area contributed by atoms with Crippen molar-refractivity contribution in [1.82, 2.24) is 24.7 Å². The average Bonchev–Trinajstić information content (AvgIpc) is 3.32. The summed E-state index contributed by atoms with van der Waals surface area (Å²) in [5, 5.41) is 8.20. The second-order valence-corrected chi connectivity index (χ2v) is 6.99. The van der Waals surface area contributed by atoms with Gasteiger partial charge in [-0.2, -0.15) is 5.10 Å². The van der Waals surface area contributed by atoms with Crippen LogP contribution in [0.4, 0.5) is 5.82 Å². The molecule has 3 aromatic heterocycles. The van der Waals surface area contributed by atoms with Crippen molar-refractivity contribution >= 4 is 34.7 Å². The van der Waals surface area contributed by atoms with Gasteiger partial charge in [-0.15, -0.1) is 11.3 Å². The van der Waals surface area contributed by atoms with E-state index in [1.165, 1.54) is 17.7 Å². The first-order valence-corrected chi connectivity index (χ1v) is 9.17. The topological polar surface area (TPSA) is 85.6 Å². The molecule has 0 bridgehead atoms. The van der Waals surface area contributed by atoms with Crippen LogP contribution >= 0.6 is 22.9 Å². The van der Waals surface area contributed by atoms with Crippen molar-refractivity contribution in [1.29, 1.82) is 0 Å². The van der Waals surface area contributed by atoms with Crippen molar-refractivity contribution in [3.05, 3.63) is 70.7 Å². The molecule has 4 rings (SSSR count). The van der Waals surface area contributed by atoms with E-state index in [1.54, 1.807) is 42.2 Å². The van der Waals surface area contributed by atoms with Crippen molar-refractivity contribution < 1.29 is 4.79 Å². The molecule has 1 amide bonds. The van der Waals surface area contributed by atoms with Crippen LogP contribution in [0.3, 0.4) is 0 Å². The number of hydrogen-bond donors (Lipinski definition) is 1. The van der Waals surface area contributed by atoms with Gasteiger partial charge in [0.15, 0.2) is 5.82 Å². The van der Waals surface area contributed by atoms with Crippen LogP contribution in [0.15, 0.2) is 55.1 Å². The van der Waals surface area contributed by atoms with E-state index in [2.05, 4.69) is 25.4 Å². The Morgan fingerprint density at radius 1 is 1.22 bits per heavy atom. The number of nitrogens with one attached hydrogen (secondary N) is 1. The van der Waals surface area contributed by atoms with Gasteiger partial charge in [0.25, 0.3) is 5.91 Å². The minimum atomic E-state index is -0.284. The normalized spacial score (nSPS) is 10.7. The first kappa shape index (κ1) is 17.3. The lowest BCUT2D eigenvalue weighted by atomic mass is 10.2. The summed E-state index contributed by atoms with van der Waals surface area (Å²) in [4.78, 5) is 25.9. The van der Waals surface area contributed by atoms with Crippen LogP contribution in [0.2, 0.25) is 5.02 Å². The fourth-order valence-corrected chi connectivity index (χ4v) is 3.76. The number of halogens is 1. The van der Waals surface area contributed by atoms with Gasteiger partial charge in [-0.3, -0.25) is 4.79 Å². The van der Waals surface area contributed by atoms with Crippen LogP contribution in [0.1, 0.15) is 15.4 Å². The summed E-state index contributed by atoms with van der Waals surface area (Å²) >= 11 is 7.52. The average molecular weight is 397 g/mol. The van der Waals surface area contributed by atoms with E-state index in [0.29, 0.717) is 32.2 Å². The molecule has 1 aromatic carbocycles. The van der Waals surface area contributed by atoms with Crippen LogP contribution in [0, 0.1) is 6.92 Å². The van der Waals surface area contributed by atoms with Gasteiger partial charge in [0, 0.05) is 24.0 Å². The zero-order chi connectivity index (χ0) is 18.8. The summed E-state index contributed by atoms with van der Waals surface area (Å²) in [6.07, 6.45) is 4.79. The standard InChI is InChI=1S/C18H13ClN6OS/c1-11-16(27-18(23-11)12-5-2-3-6-13(12)19)17(26)24-14-9-15(21-10-20-14)25-8-4-7-22-25/h2-10H,1H3,(H,20,21,24,26). The third kappa shape index (κ3) is 3.57. The van der Waals surface area contributed by atoms with Gasteiger partial charge in [-0.1, -0.05) is 29.8 Å². The highest BCUT2D eigenvalue weighted by molar-refractivity contribution is 7.17. The van der Waals surface area contributed by atoms with Gasteiger partial charge in [0.2, 0.25) is 0 Å². The number of aryl methyl sites for hydroxylation is 1. The first-order chi connectivity index (χ1) is 13.1. The molecule has 0 fully saturated rings. The van der Waals surface area contributed by atoms with E-state index in [0.717, 1.165) is 5.56 Å². The summed E-state index contributed by atoms with van der Waals surface area (Å²) in [5.74, 6) is 0.657. The van der Waals surface area contributed by atoms with E-state index in [1.807, 2.05) is 18.2 Å². The number of rotatable bonds is 4. The largest absolute Gasteiger partial charge is 0.306 e. The van der Waals surface area contributed by atoms with Gasteiger partial charge in [0.1, 0.15) is 22.0 Å². The molecule has 0 aliphatic heterocycles. The second kappa shape index (κ2) is 7.26. The lowest BCUT2D eigenvalue weighted by molar-refractivity contribution is 0.102. The Morgan fingerprint density at radius 2 is 2.07 bits per heavy atom. The summed E-state index contributed by atoms with van der Waals surface area (Å²) in [5.41, 5.74) is 1.43. The SMILES string of the molecule is Cc1nc(-c2ccccc2Cl)sc1C(=O)Nc1cc(-n2cccn2)ncn1. The maximum Gasteiger partial charge on any atom is 0.268 e. The maximum atomic E-state index is 12.7. The highest BCUT2D eigenvalue weighted by Crippen LogP contribution is 2.33. The number of nitrogens with zero attached hydrogens (tertiary/aromatic N) is 5. The third-order valence-corrected chi connectivity index (χ3v) is 5.26. The molecule has 1 N–H and O–H groups in total. The minimum Gasteiger partial charge on any atom is -0.306 e. The van der Waals surface area contributed by atoms with Crippen LogP contribution in [-0.4, -0.2) is 30.6 Å². The van der Waals surface area contributed by atoms with E-state index in [4.69, 9.17) is 11.6 Å². The third-order valence-electron chi connectivity index (χ3n) is 3.74. The molecule has 0 spiro atoms. The van der Waals surface area contributed by atoms with Crippen LogP contribution < -0.4 is 5.32 Å². The number of anilines is 1. The molecule has 0 aliphatic rings. The van der Waals surface area contributed by atoms with E-state index in [9.17, 15) is 4.79 Å². The second-order valence-electron chi connectivity index (χ2n) is 5.58. The van der Waals surface area contributed by atoms with Gasteiger partial charge in [-0.25, -0.2) is 19.6 Å². The Hall–Kier alpha value is -3.10. The van der Waals surface area contributed by atoms with Crippen LogP contribution in [0.5, 0.6) is 0 Å². The molecule has 134 valence electrons. The number of aromatic nitrogens is 5. The van der Waals surface area contributed by atoms with Gasteiger partial charge in [-0.05, 0) is 19.1 Å². The highest BCUT2D eigenvalue weighted by atomic mass is 35.5. The van der Waals surface area contributed by atoms with E-state index < -0.39 is 0 Å². The fourth-order valence-electron chi connectivity index (χ4n) is 2.48. The molecule has 7 nitrogen and oxygen atoms in total. The van der Waals surface area contributed by atoms with Crippen molar-refractivity contribution in [2.75, 3.05) is 5.32 Å². The molecule has 9 heteroatoms. The molecule has 0 aliphatic carbocycles. The zero-order valence-electron chi connectivity index (χ0n) is 14.1. The Labute approximate surface area is 163 Å². The van der Waals surface area contributed by atoms with E-state index >= 15 is 0 Å². The summed E-state index contributed by atoms with van der Waals surface area (Å²) in [6, 6.07) is 10.9. The number of thiazole rings is 1. The van der Waals surface area contributed by atoms with Crippen molar-refractivity contribution in [3.63, 3.8) is 0 Å². The molecular weight excluding hydrogens is 384 g/mol. The van der Waals surface area contributed by atoms with Crippen molar-refractivity contribution in [2.24, 2.45) is 0 Å². The molecule has 3 heterocycles. The Morgan fingerprint density at radius 3 is 2.85 bits per heavy atom. The highest BCUT2D eigenvalue weighted by Gasteiger charge is 2.18. The van der Waals surface area contributed by atoms with Crippen LogP contribution in [-0.2, 0) is 0 Å². The predicted octanol–water partition coefficient (Wildman–Crippen LogP) is 4.00. The van der Waals surface area contributed by atoms with E-state index in [-0.39, 0.29) is 5.91 Å². The van der Waals surface area contributed by atoms with Crippen molar-refractivity contribution in [3.8, 4) is 16.4 Å². The fraction of sp³-hybridized carbons (Fsp3) is 0.0556. The molecule has 0 saturated carbocycles. The molecule has 0 radical (unpaired) electrons. The van der Waals surface area contributed by atoms with Gasteiger partial charge >= 0.3 is 0 Å². The smallest absolute Gasteiger partial charge is 0.268 e. The number of benzene rings is 1. The molecule has 27 heavy (non-hydrogen) atoms. The van der Waals surface area contributed by atoms with Gasteiger partial charge < -0.3 is 5.32 Å². The number of amides is 1. The molecular formula is C18H13ClN6OS. The molecule has 0 saturated heterocycles. The molecule has 0 unspecified atom stereocenters. The van der Waals surface area contributed by atoms with Crippen LogP contribution in [0.25, 0.3) is 16.4 Å². The Balaban J connectivity index is 1.59. The number of carbonyl (C=O) groups is 1. The quantitative estimate of drug-likeness (QED) is 0.563. The molecule has 4 aromatic rings. The zero-order valence-corrected chi connectivity index (χ0v) is 15.7. The lowest BCUT2D eigenvalue weighted by Gasteiger charge is -2.05.